The third-order valence-corrected chi connectivity index (χ3v) is 5.90. The highest BCUT2D eigenvalue weighted by molar-refractivity contribution is 4.79. The maximum atomic E-state index is 2.00. The van der Waals surface area contributed by atoms with Crippen molar-refractivity contribution >= 4 is 0 Å². The van der Waals surface area contributed by atoms with Crippen LogP contribution in [0.1, 0.15) is 119 Å². The first-order chi connectivity index (χ1) is 10.9. The molecule has 0 amide bonds. The Hall–Kier alpha value is 0. The monoisotopic (exact) mass is 310 g/mol. The number of hydrogen-bond donors (Lipinski definition) is 0. The highest BCUT2D eigenvalue weighted by Crippen LogP contribution is 2.41. The van der Waals surface area contributed by atoms with Crippen molar-refractivity contribution in [2.45, 2.75) is 119 Å². The van der Waals surface area contributed by atoms with Gasteiger partial charge in [0.15, 0.2) is 0 Å². The third-order valence-electron chi connectivity index (χ3n) is 5.90. The second-order valence-corrected chi connectivity index (χ2v) is 6.93. The Kier molecular flexibility index (Phi) is 14.6. The Balaban J connectivity index is 0.000000301. The van der Waals surface area contributed by atoms with Gasteiger partial charge in [0, 0.05) is 0 Å². The molecule has 6 aliphatic rings. The lowest BCUT2D eigenvalue weighted by molar-refractivity contribution is 0.176. The standard InChI is InChI=1S/2C8H14.3C2H6/c2*1-2-8-5-3-7(1)4-6-8;3*1-2/h2*7-8H,1-6H2;3*1-2H3. The molecule has 6 fully saturated rings. The summed E-state index contributed by atoms with van der Waals surface area (Å²) >= 11 is 0. The number of rotatable bonds is 0. The Morgan fingerprint density at radius 3 is 0.409 bits per heavy atom. The lowest BCUT2D eigenvalue weighted by atomic mass is 9.71. The first kappa shape index (κ1) is 22.0. The maximum Gasteiger partial charge on any atom is -0.0414 e. The van der Waals surface area contributed by atoms with Gasteiger partial charge in [0.25, 0.3) is 0 Å². The summed E-state index contributed by atoms with van der Waals surface area (Å²) in [6.07, 6.45) is 18.7. The first-order valence-corrected chi connectivity index (χ1v) is 10.9. The fourth-order valence-corrected chi connectivity index (χ4v) is 4.56. The lowest BCUT2D eigenvalue weighted by Crippen LogP contribution is -2.21. The summed E-state index contributed by atoms with van der Waals surface area (Å²) in [5.74, 6) is 4.61. The van der Waals surface area contributed by atoms with Crippen LogP contribution in [0.3, 0.4) is 0 Å². The smallest absolute Gasteiger partial charge is 0.0414 e. The van der Waals surface area contributed by atoms with Gasteiger partial charge in [-0.15, -0.1) is 0 Å². The molecule has 6 saturated carbocycles. The van der Waals surface area contributed by atoms with Gasteiger partial charge in [-0.05, 0) is 23.7 Å². The topological polar surface area (TPSA) is 0 Å². The SMILES string of the molecule is C1CC2CCC1CC2.C1CC2CCC1CC2.CC.CC.CC. The van der Waals surface area contributed by atoms with Gasteiger partial charge < -0.3 is 0 Å². The highest BCUT2D eigenvalue weighted by Gasteiger charge is 2.27. The fourth-order valence-electron chi connectivity index (χ4n) is 4.56. The second kappa shape index (κ2) is 14.6. The number of hydrogen-bond acceptors (Lipinski definition) is 0. The van der Waals surface area contributed by atoms with E-state index in [0.717, 1.165) is 23.7 Å². The van der Waals surface area contributed by atoms with Crippen molar-refractivity contribution in [3.05, 3.63) is 0 Å². The van der Waals surface area contributed by atoms with Crippen LogP contribution < -0.4 is 0 Å². The zero-order chi connectivity index (χ0) is 16.8. The van der Waals surface area contributed by atoms with Gasteiger partial charge >= 0.3 is 0 Å². The van der Waals surface area contributed by atoms with Crippen LogP contribution in [0.4, 0.5) is 0 Å². The molecule has 0 aromatic carbocycles. The average molecular weight is 311 g/mol. The van der Waals surface area contributed by atoms with Gasteiger partial charge in [-0.2, -0.15) is 0 Å². The molecule has 0 aliphatic heterocycles. The maximum absolute atomic E-state index is 2.00. The minimum Gasteiger partial charge on any atom is -0.0683 e. The molecule has 0 nitrogen and oxygen atoms in total. The molecule has 0 heteroatoms. The van der Waals surface area contributed by atoms with E-state index in [-0.39, 0.29) is 0 Å². The van der Waals surface area contributed by atoms with Gasteiger partial charge in [0.2, 0.25) is 0 Å². The van der Waals surface area contributed by atoms with E-state index in [9.17, 15) is 0 Å². The fraction of sp³-hybridized carbons (Fsp3) is 1.00. The van der Waals surface area contributed by atoms with Crippen LogP contribution in [0, 0.1) is 23.7 Å². The predicted molar refractivity (Wildman–Crippen MR) is 103 cm³/mol. The van der Waals surface area contributed by atoms with Gasteiger partial charge in [0.05, 0.1) is 0 Å². The van der Waals surface area contributed by atoms with Crippen LogP contribution in [0.15, 0.2) is 0 Å². The van der Waals surface area contributed by atoms with Crippen molar-refractivity contribution in [1.82, 2.24) is 0 Å². The molecule has 0 atom stereocenters. The summed E-state index contributed by atoms with van der Waals surface area (Å²) in [7, 11) is 0. The molecule has 6 rings (SSSR count). The molecule has 0 heterocycles. The molecule has 0 aromatic heterocycles. The zero-order valence-electron chi connectivity index (χ0n) is 16.8. The van der Waals surface area contributed by atoms with Crippen LogP contribution in [0.5, 0.6) is 0 Å². The Morgan fingerprint density at radius 2 is 0.364 bits per heavy atom. The van der Waals surface area contributed by atoms with Gasteiger partial charge in [-0.3, -0.25) is 0 Å². The molecule has 0 N–H and O–H groups in total. The summed E-state index contributed by atoms with van der Waals surface area (Å²) < 4.78 is 0. The summed E-state index contributed by atoms with van der Waals surface area (Å²) in [6, 6.07) is 0. The van der Waals surface area contributed by atoms with Crippen LogP contribution in [-0.2, 0) is 0 Å². The molecular weight excluding hydrogens is 264 g/mol. The predicted octanol–water partition coefficient (Wildman–Crippen LogP) is 8.25. The normalized spacial score (nSPS) is 33.5. The Morgan fingerprint density at radius 1 is 0.273 bits per heavy atom. The summed E-state index contributed by atoms with van der Waals surface area (Å²) in [4.78, 5) is 0. The largest absolute Gasteiger partial charge is 0.0683 e. The molecule has 0 spiro atoms. The van der Waals surface area contributed by atoms with Crippen molar-refractivity contribution in [2.24, 2.45) is 23.7 Å². The Labute approximate surface area is 142 Å². The molecule has 0 aromatic rings. The second-order valence-electron chi connectivity index (χ2n) is 6.93. The van der Waals surface area contributed by atoms with E-state index in [1.807, 2.05) is 41.5 Å². The molecule has 0 unspecified atom stereocenters. The molecule has 0 saturated heterocycles. The van der Waals surface area contributed by atoms with Crippen molar-refractivity contribution < 1.29 is 0 Å². The molecular formula is C22H46. The minimum absolute atomic E-state index is 1.15. The first-order valence-electron chi connectivity index (χ1n) is 10.9. The van der Waals surface area contributed by atoms with E-state index >= 15 is 0 Å². The summed E-state index contributed by atoms with van der Waals surface area (Å²) in [5, 5.41) is 0. The molecule has 6 aliphatic carbocycles. The van der Waals surface area contributed by atoms with Crippen LogP contribution in [0.25, 0.3) is 0 Å². The van der Waals surface area contributed by atoms with Gasteiger partial charge in [-0.25, -0.2) is 0 Å². The van der Waals surface area contributed by atoms with Crippen LogP contribution in [-0.4, -0.2) is 0 Å². The molecule has 4 bridgehead atoms. The van der Waals surface area contributed by atoms with E-state index < -0.39 is 0 Å². The highest BCUT2D eigenvalue weighted by atomic mass is 14.3. The van der Waals surface area contributed by atoms with E-state index in [1.54, 1.807) is 77.0 Å². The van der Waals surface area contributed by atoms with E-state index in [2.05, 4.69) is 0 Å². The quantitative estimate of drug-likeness (QED) is 0.422. The molecule has 0 radical (unpaired) electrons. The number of fused-ring (bicyclic) bond motifs is 6. The molecule has 134 valence electrons. The summed E-state index contributed by atoms with van der Waals surface area (Å²) in [5.41, 5.74) is 0. The van der Waals surface area contributed by atoms with Crippen LogP contribution in [0.2, 0.25) is 0 Å². The van der Waals surface area contributed by atoms with E-state index in [4.69, 9.17) is 0 Å². The molecule has 22 heavy (non-hydrogen) atoms. The average Bonchev–Trinajstić information content (AvgIpc) is 2.70. The van der Waals surface area contributed by atoms with E-state index in [1.165, 1.54) is 0 Å². The zero-order valence-corrected chi connectivity index (χ0v) is 16.8. The van der Waals surface area contributed by atoms with Gasteiger partial charge in [0.1, 0.15) is 0 Å². The van der Waals surface area contributed by atoms with Crippen molar-refractivity contribution in [1.29, 1.82) is 0 Å². The minimum atomic E-state index is 1.15. The Bertz CT molecular complexity index is 134. The van der Waals surface area contributed by atoms with Crippen molar-refractivity contribution in [2.75, 3.05) is 0 Å². The lowest BCUT2D eigenvalue weighted by Gasteiger charge is -2.35. The summed E-state index contributed by atoms with van der Waals surface area (Å²) in [6.45, 7) is 12.0. The van der Waals surface area contributed by atoms with Crippen molar-refractivity contribution in [3.63, 3.8) is 0 Å². The third kappa shape index (κ3) is 8.02. The van der Waals surface area contributed by atoms with Gasteiger partial charge in [-0.1, -0.05) is 119 Å². The van der Waals surface area contributed by atoms with Crippen molar-refractivity contribution in [3.8, 4) is 0 Å². The van der Waals surface area contributed by atoms with Crippen LogP contribution >= 0.6 is 0 Å². The van der Waals surface area contributed by atoms with E-state index in [0.29, 0.717) is 0 Å².